The summed E-state index contributed by atoms with van der Waals surface area (Å²) < 4.78 is 15.0. The number of nitrogens with zero attached hydrogens (tertiary/aromatic N) is 3. The van der Waals surface area contributed by atoms with Gasteiger partial charge in [-0.3, -0.25) is 14.5 Å². The third kappa shape index (κ3) is 7.04. The number of carbonyl (C=O) groups excluding carboxylic acids is 4. The Balaban J connectivity index is 1.50. The van der Waals surface area contributed by atoms with Gasteiger partial charge in [0.05, 0.1) is 12.7 Å². The number of hydrogen-bond donors (Lipinski definition) is 3. The van der Waals surface area contributed by atoms with Crippen molar-refractivity contribution in [3.05, 3.63) is 95.3 Å². The molecule has 12 nitrogen and oxygen atoms in total. The number of benzene rings is 2. The molecule has 2 aliphatic rings. The van der Waals surface area contributed by atoms with Crippen molar-refractivity contribution >= 4 is 42.0 Å². The first-order chi connectivity index (χ1) is 21.6. The average molecular weight is 635 g/mol. The molecule has 45 heavy (non-hydrogen) atoms. The molecule has 1 aromatic heterocycles. The van der Waals surface area contributed by atoms with E-state index in [2.05, 4.69) is 10.6 Å². The number of anilines is 1. The molecule has 0 aliphatic carbocycles. The number of aliphatic hydroxyl groups excluding tert-OH is 1. The minimum absolute atomic E-state index is 0.0944. The van der Waals surface area contributed by atoms with E-state index in [4.69, 9.17) is 9.47 Å². The molecule has 5 rings (SSSR count). The number of alkyl carbamates (subject to hydrolysis) is 1. The van der Waals surface area contributed by atoms with Crippen molar-refractivity contribution in [2.75, 3.05) is 17.7 Å². The fraction of sp³-hybridized carbons (Fsp3) is 0.344. The molecule has 2 aliphatic heterocycles. The summed E-state index contributed by atoms with van der Waals surface area (Å²) in [5, 5.41) is 14.4. The zero-order valence-corrected chi connectivity index (χ0v) is 26.0. The first-order valence-electron chi connectivity index (χ1n) is 14.5. The lowest BCUT2D eigenvalue weighted by Crippen LogP contribution is -2.71. The number of nitrogens with one attached hydrogen (secondary N) is 2. The van der Waals surface area contributed by atoms with Crippen LogP contribution >= 0.6 is 11.8 Å². The third-order valence-corrected chi connectivity index (χ3v) is 8.55. The molecule has 0 saturated carbocycles. The largest absolute Gasteiger partial charge is 0.448 e. The number of rotatable bonds is 11. The fourth-order valence-corrected chi connectivity index (χ4v) is 6.63. The number of amides is 3. The molecule has 2 atom stereocenters. The summed E-state index contributed by atoms with van der Waals surface area (Å²) in [6.07, 6.45) is 0.792. The third-order valence-electron chi connectivity index (χ3n) is 7.21. The van der Waals surface area contributed by atoms with Gasteiger partial charge in [-0.15, -0.1) is 21.1 Å². The summed E-state index contributed by atoms with van der Waals surface area (Å²) in [5.41, 5.74) is 1.47. The Bertz CT molecular complexity index is 1550. The van der Waals surface area contributed by atoms with Gasteiger partial charge in [-0.1, -0.05) is 60.7 Å². The normalized spacial score (nSPS) is 17.8. The van der Waals surface area contributed by atoms with Crippen LogP contribution in [0.15, 0.2) is 84.2 Å². The van der Waals surface area contributed by atoms with E-state index in [9.17, 15) is 24.3 Å². The molecule has 236 valence electrons. The maximum absolute atomic E-state index is 14.2. The van der Waals surface area contributed by atoms with Gasteiger partial charge >= 0.3 is 12.1 Å². The number of fused-ring (bicyclic) bond motifs is 1. The summed E-state index contributed by atoms with van der Waals surface area (Å²) in [5.74, 6) is -0.345. The number of aromatic nitrogens is 2. The lowest BCUT2D eigenvalue weighted by atomic mass is 10.0. The van der Waals surface area contributed by atoms with E-state index >= 15 is 0 Å². The standard InChI is InChI=1S/C32H35N5O7S/c1-32(2,3)44-31(42)34-25-28(40)37-26(30(41)43-27(21-10-6-4-7-11-21)22-12-8-5-9-13-22)23(19-45-29(25)37)18-35-15-14-24(33-20-39)36(35)16-17-38/h4-15,20,25,27,29,38H,16-19H2,1-3H3,(H,34,42)/p+1/t25-,29-/m1/s1. The number of thioether (sulfide) groups is 1. The lowest BCUT2D eigenvalue weighted by Gasteiger charge is -2.49. The number of esters is 1. The maximum Gasteiger partial charge on any atom is 0.408 e. The van der Waals surface area contributed by atoms with Crippen molar-refractivity contribution in [1.29, 1.82) is 0 Å². The van der Waals surface area contributed by atoms with E-state index in [0.29, 0.717) is 23.6 Å². The first-order valence-corrected chi connectivity index (χ1v) is 15.5. The van der Waals surface area contributed by atoms with Crippen LogP contribution in [0.5, 0.6) is 0 Å². The molecule has 3 N–H and O–H groups in total. The van der Waals surface area contributed by atoms with E-state index in [-0.39, 0.29) is 25.4 Å². The van der Waals surface area contributed by atoms with Gasteiger partial charge in [0.1, 0.15) is 29.3 Å². The molecule has 1 fully saturated rings. The molecule has 0 bridgehead atoms. The highest BCUT2D eigenvalue weighted by molar-refractivity contribution is 8.00. The van der Waals surface area contributed by atoms with Crippen LogP contribution in [0.4, 0.5) is 10.6 Å². The second-order valence-electron chi connectivity index (χ2n) is 11.5. The summed E-state index contributed by atoms with van der Waals surface area (Å²) >= 11 is 1.41. The quantitative estimate of drug-likeness (QED) is 0.127. The molecule has 1 saturated heterocycles. The lowest BCUT2D eigenvalue weighted by molar-refractivity contribution is -0.767. The molecule has 0 radical (unpaired) electrons. The van der Waals surface area contributed by atoms with Crippen LogP contribution in [0, 0.1) is 0 Å². The van der Waals surface area contributed by atoms with Crippen LogP contribution in [0.25, 0.3) is 0 Å². The van der Waals surface area contributed by atoms with E-state index < -0.39 is 41.1 Å². The molecule has 3 amide bonds. The number of β-lactam (4-membered cyclic amide) rings is 1. The molecule has 3 aromatic rings. The van der Waals surface area contributed by atoms with Crippen molar-refractivity contribution in [3.8, 4) is 0 Å². The van der Waals surface area contributed by atoms with Crippen LogP contribution in [0.3, 0.4) is 0 Å². The zero-order valence-electron chi connectivity index (χ0n) is 25.2. The van der Waals surface area contributed by atoms with Crippen LogP contribution in [-0.4, -0.2) is 68.4 Å². The highest BCUT2D eigenvalue weighted by Crippen LogP contribution is 2.42. The number of carbonyl (C=O) groups is 4. The molecule has 2 aromatic carbocycles. The molecular weight excluding hydrogens is 598 g/mol. The summed E-state index contributed by atoms with van der Waals surface area (Å²) in [6.45, 7) is 5.36. The highest BCUT2D eigenvalue weighted by atomic mass is 32.2. The SMILES string of the molecule is CC(C)(C)OC(=O)N[C@@H]1C(=O)N2C(C(=O)OC(c3ccccc3)c3ccccc3)=C(C[n+]3ccc(NC=O)n3CCO)CS[C@H]12. The number of aliphatic hydroxyl groups is 1. The maximum atomic E-state index is 14.2. The molecule has 0 unspecified atom stereocenters. The second kappa shape index (κ2) is 13.6. The molecule has 3 heterocycles. The summed E-state index contributed by atoms with van der Waals surface area (Å²) in [6, 6.07) is 19.5. The van der Waals surface area contributed by atoms with Crippen LogP contribution in [0.1, 0.15) is 38.0 Å². The minimum atomic E-state index is -0.887. The topological polar surface area (TPSA) is 143 Å². The summed E-state index contributed by atoms with van der Waals surface area (Å²) in [4.78, 5) is 52.9. The van der Waals surface area contributed by atoms with Gasteiger partial charge in [-0.05, 0) is 31.9 Å². The van der Waals surface area contributed by atoms with Crippen molar-refractivity contribution in [1.82, 2.24) is 14.9 Å². The van der Waals surface area contributed by atoms with Gasteiger partial charge in [0.15, 0.2) is 24.7 Å². The molecular formula is C32H36N5O7S+. The number of hydrogen-bond acceptors (Lipinski definition) is 8. The van der Waals surface area contributed by atoms with E-state index in [0.717, 1.165) is 11.1 Å². The zero-order chi connectivity index (χ0) is 32.1. The Morgan fingerprint density at radius 2 is 1.73 bits per heavy atom. The van der Waals surface area contributed by atoms with Gasteiger partial charge < -0.3 is 25.2 Å². The molecule has 13 heteroatoms. The smallest absolute Gasteiger partial charge is 0.408 e. The Morgan fingerprint density at radius 1 is 1.09 bits per heavy atom. The van der Waals surface area contributed by atoms with Crippen molar-refractivity contribution < 1.29 is 38.4 Å². The Kier molecular flexibility index (Phi) is 9.59. The van der Waals surface area contributed by atoms with Gasteiger partial charge in [-0.2, -0.15) is 0 Å². The molecule has 0 spiro atoms. The van der Waals surface area contributed by atoms with E-state index in [1.54, 1.807) is 42.4 Å². The van der Waals surface area contributed by atoms with Gasteiger partial charge in [0, 0.05) is 11.3 Å². The first kappa shape index (κ1) is 31.8. The second-order valence-corrected chi connectivity index (χ2v) is 12.6. The van der Waals surface area contributed by atoms with Gasteiger partial charge in [0.25, 0.3) is 5.91 Å². The predicted molar refractivity (Wildman–Crippen MR) is 165 cm³/mol. The average Bonchev–Trinajstić information content (AvgIpc) is 3.39. The number of ether oxygens (including phenoxy) is 2. The van der Waals surface area contributed by atoms with Gasteiger partial charge in [0.2, 0.25) is 6.41 Å². The Labute approximate surface area is 265 Å². The highest BCUT2D eigenvalue weighted by Gasteiger charge is 2.55. The van der Waals surface area contributed by atoms with E-state index in [1.807, 2.05) is 60.7 Å². The van der Waals surface area contributed by atoms with Crippen LogP contribution < -0.4 is 15.3 Å². The fourth-order valence-electron chi connectivity index (χ4n) is 5.30. The van der Waals surface area contributed by atoms with Crippen molar-refractivity contribution in [2.24, 2.45) is 0 Å². The minimum Gasteiger partial charge on any atom is -0.448 e. The monoisotopic (exact) mass is 634 g/mol. The van der Waals surface area contributed by atoms with Crippen LogP contribution in [-0.2, 0) is 36.9 Å². The predicted octanol–water partition coefficient (Wildman–Crippen LogP) is 2.73. The van der Waals surface area contributed by atoms with E-state index in [1.165, 1.54) is 16.7 Å². The Hall–Kier alpha value is -4.62. The van der Waals surface area contributed by atoms with Crippen molar-refractivity contribution in [3.63, 3.8) is 0 Å². The van der Waals surface area contributed by atoms with Crippen LogP contribution in [0.2, 0.25) is 0 Å². The summed E-state index contributed by atoms with van der Waals surface area (Å²) in [7, 11) is 0. The van der Waals surface area contributed by atoms with Crippen molar-refractivity contribution in [2.45, 2.75) is 57.0 Å². The van der Waals surface area contributed by atoms with Gasteiger partial charge in [-0.25, -0.2) is 9.59 Å². The Morgan fingerprint density at radius 3 is 2.31 bits per heavy atom.